The third-order valence-corrected chi connectivity index (χ3v) is 4.20. The first-order valence-corrected chi connectivity index (χ1v) is 5.52. The molecule has 2 aliphatic rings. The molecule has 2 heteroatoms. The van der Waals surface area contributed by atoms with Crippen molar-refractivity contribution >= 4 is 5.84 Å². The lowest BCUT2D eigenvalue weighted by Gasteiger charge is -2.30. The molecule has 3 N–H and O–H groups in total. The molecule has 2 atom stereocenters. The van der Waals surface area contributed by atoms with Crippen LogP contribution < -0.4 is 5.73 Å². The first-order valence-electron chi connectivity index (χ1n) is 5.52. The fourth-order valence-corrected chi connectivity index (χ4v) is 3.23. The van der Waals surface area contributed by atoms with Crippen LogP contribution in [0.25, 0.3) is 0 Å². The number of nitrogens with two attached hydrogens (primary N) is 1. The minimum absolute atomic E-state index is 0.139. The standard InChI is InChI=1S/C11H20N2/c1-8-7-11(8,10(12)13)9-5-3-2-4-6-9/h8-9H,2-7H2,1H3,(H3,12,13). The van der Waals surface area contributed by atoms with Gasteiger partial charge in [0.1, 0.15) is 0 Å². The van der Waals surface area contributed by atoms with Gasteiger partial charge >= 0.3 is 0 Å². The first kappa shape index (κ1) is 9.04. The monoisotopic (exact) mass is 180 g/mol. The van der Waals surface area contributed by atoms with Crippen molar-refractivity contribution in [1.29, 1.82) is 5.41 Å². The summed E-state index contributed by atoms with van der Waals surface area (Å²) in [6.07, 6.45) is 7.89. The molecule has 0 heterocycles. The Hall–Kier alpha value is -0.530. The van der Waals surface area contributed by atoms with Gasteiger partial charge in [0.15, 0.2) is 0 Å². The van der Waals surface area contributed by atoms with Gasteiger partial charge in [-0.05, 0) is 31.1 Å². The van der Waals surface area contributed by atoms with Crippen molar-refractivity contribution in [2.24, 2.45) is 23.0 Å². The smallest absolute Gasteiger partial charge is 0.0974 e. The highest BCUT2D eigenvalue weighted by molar-refractivity contribution is 5.87. The van der Waals surface area contributed by atoms with E-state index in [-0.39, 0.29) is 5.41 Å². The molecule has 0 spiro atoms. The lowest BCUT2D eigenvalue weighted by atomic mass is 9.76. The number of hydrogen-bond donors (Lipinski definition) is 2. The summed E-state index contributed by atoms with van der Waals surface area (Å²) in [7, 11) is 0. The molecular formula is C11H20N2. The van der Waals surface area contributed by atoms with Crippen molar-refractivity contribution in [3.8, 4) is 0 Å². The summed E-state index contributed by atoms with van der Waals surface area (Å²) >= 11 is 0. The summed E-state index contributed by atoms with van der Waals surface area (Å²) < 4.78 is 0. The van der Waals surface area contributed by atoms with E-state index in [0.717, 1.165) is 5.92 Å². The SMILES string of the molecule is CC1CC1(C(=N)N)C1CCCCC1. The molecule has 0 aromatic heterocycles. The second-order valence-electron chi connectivity index (χ2n) is 4.89. The maximum absolute atomic E-state index is 7.70. The molecule has 13 heavy (non-hydrogen) atoms. The van der Waals surface area contributed by atoms with Gasteiger partial charge in [0.05, 0.1) is 5.84 Å². The molecule has 0 aromatic rings. The molecule has 0 bridgehead atoms. The number of rotatable bonds is 2. The zero-order valence-corrected chi connectivity index (χ0v) is 8.47. The molecular weight excluding hydrogens is 160 g/mol. The van der Waals surface area contributed by atoms with Crippen LogP contribution in [0.1, 0.15) is 45.4 Å². The maximum atomic E-state index is 7.70. The summed E-state index contributed by atoms with van der Waals surface area (Å²) in [6.45, 7) is 2.25. The Kier molecular flexibility index (Phi) is 2.09. The van der Waals surface area contributed by atoms with Gasteiger partial charge in [-0.15, -0.1) is 0 Å². The van der Waals surface area contributed by atoms with E-state index in [4.69, 9.17) is 11.1 Å². The maximum Gasteiger partial charge on any atom is 0.0974 e. The number of hydrogen-bond acceptors (Lipinski definition) is 1. The molecule has 74 valence electrons. The van der Waals surface area contributed by atoms with Crippen LogP contribution >= 0.6 is 0 Å². The average Bonchev–Trinajstić information content (AvgIpc) is 2.80. The molecule has 2 saturated carbocycles. The van der Waals surface area contributed by atoms with Gasteiger partial charge in [-0.3, -0.25) is 5.41 Å². The van der Waals surface area contributed by atoms with Gasteiger partial charge in [-0.2, -0.15) is 0 Å². The summed E-state index contributed by atoms with van der Waals surface area (Å²) in [5.41, 5.74) is 5.88. The predicted molar refractivity (Wildman–Crippen MR) is 54.7 cm³/mol. The first-order chi connectivity index (χ1) is 6.18. The molecule has 0 aliphatic heterocycles. The fraction of sp³-hybridized carbons (Fsp3) is 0.909. The molecule has 0 aromatic carbocycles. The Morgan fingerprint density at radius 3 is 2.23 bits per heavy atom. The number of amidine groups is 1. The molecule has 2 unspecified atom stereocenters. The van der Waals surface area contributed by atoms with Gasteiger partial charge in [-0.1, -0.05) is 26.2 Å². The summed E-state index contributed by atoms with van der Waals surface area (Å²) in [5, 5.41) is 7.70. The molecule has 0 amide bonds. The van der Waals surface area contributed by atoms with E-state index in [1.54, 1.807) is 0 Å². The number of nitrogens with one attached hydrogen (secondary N) is 1. The van der Waals surface area contributed by atoms with Crippen molar-refractivity contribution in [3.63, 3.8) is 0 Å². The molecule has 2 aliphatic carbocycles. The minimum Gasteiger partial charge on any atom is -0.387 e. The van der Waals surface area contributed by atoms with E-state index in [9.17, 15) is 0 Å². The van der Waals surface area contributed by atoms with Crippen LogP contribution in [0.4, 0.5) is 0 Å². The Balaban J connectivity index is 2.08. The normalized spacial score (nSPS) is 40.2. The quantitative estimate of drug-likeness (QED) is 0.498. The zero-order chi connectivity index (χ0) is 9.47. The van der Waals surface area contributed by atoms with E-state index in [1.807, 2.05) is 0 Å². The minimum atomic E-state index is 0.139. The van der Waals surface area contributed by atoms with Crippen LogP contribution in [0.2, 0.25) is 0 Å². The molecule has 2 fully saturated rings. The Morgan fingerprint density at radius 1 is 1.31 bits per heavy atom. The van der Waals surface area contributed by atoms with E-state index >= 15 is 0 Å². The highest BCUT2D eigenvalue weighted by atomic mass is 14.8. The second-order valence-corrected chi connectivity index (χ2v) is 4.89. The lowest BCUT2D eigenvalue weighted by molar-refractivity contribution is 0.270. The van der Waals surface area contributed by atoms with E-state index in [1.165, 1.54) is 38.5 Å². The third-order valence-electron chi connectivity index (χ3n) is 4.20. The van der Waals surface area contributed by atoms with Crippen molar-refractivity contribution < 1.29 is 0 Å². The fourth-order valence-electron chi connectivity index (χ4n) is 3.23. The Bertz CT molecular complexity index is 218. The third kappa shape index (κ3) is 1.27. The van der Waals surface area contributed by atoms with Crippen LogP contribution in [0.5, 0.6) is 0 Å². The zero-order valence-electron chi connectivity index (χ0n) is 8.47. The van der Waals surface area contributed by atoms with Crippen molar-refractivity contribution in [3.05, 3.63) is 0 Å². The summed E-state index contributed by atoms with van der Waals surface area (Å²) in [6, 6.07) is 0. The van der Waals surface area contributed by atoms with Gasteiger partial charge < -0.3 is 5.73 Å². The second kappa shape index (κ2) is 3.00. The van der Waals surface area contributed by atoms with Gasteiger partial charge in [-0.25, -0.2) is 0 Å². The lowest BCUT2D eigenvalue weighted by Crippen LogP contribution is -2.34. The summed E-state index contributed by atoms with van der Waals surface area (Å²) in [5.74, 6) is 1.87. The van der Waals surface area contributed by atoms with E-state index in [0.29, 0.717) is 11.8 Å². The Morgan fingerprint density at radius 2 is 1.85 bits per heavy atom. The van der Waals surface area contributed by atoms with Crippen molar-refractivity contribution in [2.45, 2.75) is 45.4 Å². The van der Waals surface area contributed by atoms with Crippen LogP contribution in [-0.2, 0) is 0 Å². The average molecular weight is 180 g/mol. The predicted octanol–water partition coefficient (Wildman–Crippen LogP) is 2.53. The largest absolute Gasteiger partial charge is 0.387 e. The van der Waals surface area contributed by atoms with Gasteiger partial charge in [0.25, 0.3) is 0 Å². The molecule has 0 saturated heterocycles. The van der Waals surface area contributed by atoms with Crippen LogP contribution in [-0.4, -0.2) is 5.84 Å². The van der Waals surface area contributed by atoms with Crippen LogP contribution in [0.15, 0.2) is 0 Å². The van der Waals surface area contributed by atoms with Crippen LogP contribution in [0, 0.1) is 22.7 Å². The van der Waals surface area contributed by atoms with E-state index in [2.05, 4.69) is 6.92 Å². The molecule has 2 nitrogen and oxygen atoms in total. The molecule has 2 rings (SSSR count). The Labute approximate surface area is 80.4 Å². The topological polar surface area (TPSA) is 49.9 Å². The van der Waals surface area contributed by atoms with Crippen molar-refractivity contribution in [2.75, 3.05) is 0 Å². The van der Waals surface area contributed by atoms with Gasteiger partial charge in [0.2, 0.25) is 0 Å². The molecule has 0 radical (unpaired) electrons. The highest BCUT2D eigenvalue weighted by Gasteiger charge is 2.58. The highest BCUT2D eigenvalue weighted by Crippen LogP contribution is 2.60. The van der Waals surface area contributed by atoms with Gasteiger partial charge in [0, 0.05) is 5.41 Å². The van der Waals surface area contributed by atoms with E-state index < -0.39 is 0 Å². The van der Waals surface area contributed by atoms with Crippen LogP contribution in [0.3, 0.4) is 0 Å². The van der Waals surface area contributed by atoms with Crippen molar-refractivity contribution in [1.82, 2.24) is 0 Å². The summed E-state index contributed by atoms with van der Waals surface area (Å²) in [4.78, 5) is 0.